The molecule has 0 aliphatic carbocycles. The van der Waals surface area contributed by atoms with Crippen molar-refractivity contribution < 1.29 is 9.18 Å². The number of benzene rings is 1. The van der Waals surface area contributed by atoms with Crippen molar-refractivity contribution in [2.75, 3.05) is 13.6 Å². The van der Waals surface area contributed by atoms with Crippen LogP contribution in [-0.2, 0) is 6.42 Å². The van der Waals surface area contributed by atoms with Gasteiger partial charge in [0, 0.05) is 30.6 Å². The number of aryl methyl sites for hydroxylation is 2. The molecule has 0 spiro atoms. The molecule has 1 aromatic heterocycles. The van der Waals surface area contributed by atoms with Gasteiger partial charge < -0.3 is 4.90 Å². The zero-order valence-electron chi connectivity index (χ0n) is 16.2. The largest absolute Gasteiger partial charge is 0.341 e. The van der Waals surface area contributed by atoms with Gasteiger partial charge >= 0.3 is 0 Å². The lowest BCUT2D eigenvalue weighted by Crippen LogP contribution is -2.32. The van der Waals surface area contributed by atoms with Gasteiger partial charge in [-0.2, -0.15) is 0 Å². The summed E-state index contributed by atoms with van der Waals surface area (Å²) in [6.45, 7) is 4.95. The number of carbonyl (C=O) groups excluding carboxylic acids is 1. The Labute approximate surface area is 164 Å². The van der Waals surface area contributed by atoms with Crippen LogP contribution in [-0.4, -0.2) is 30.4 Å². The van der Waals surface area contributed by atoms with Gasteiger partial charge in [-0.25, -0.2) is 4.39 Å². The van der Waals surface area contributed by atoms with Crippen molar-refractivity contribution in [3.8, 4) is 0 Å². The third-order valence-corrected chi connectivity index (χ3v) is 6.34. The number of amides is 1. The highest BCUT2D eigenvalue weighted by molar-refractivity contribution is 7.14. The van der Waals surface area contributed by atoms with Crippen LogP contribution in [0.15, 0.2) is 30.3 Å². The number of halogens is 1. The zero-order valence-corrected chi connectivity index (χ0v) is 17.0. The molecule has 146 valence electrons. The number of thiophene rings is 1. The average molecular weight is 390 g/mol. The van der Waals surface area contributed by atoms with E-state index in [0.717, 1.165) is 42.7 Å². The van der Waals surface area contributed by atoms with Crippen LogP contribution in [0.4, 0.5) is 4.39 Å². The van der Waals surface area contributed by atoms with Crippen molar-refractivity contribution in [2.24, 2.45) is 0 Å². The summed E-state index contributed by atoms with van der Waals surface area (Å²) in [4.78, 5) is 16.5. The first-order chi connectivity index (χ1) is 13.0. The molecule has 3 rings (SSSR count). The third kappa shape index (κ3) is 4.94. The van der Waals surface area contributed by atoms with Crippen molar-refractivity contribution in [1.29, 1.82) is 0 Å². The molecule has 2 atom stereocenters. The summed E-state index contributed by atoms with van der Waals surface area (Å²) in [7, 11) is 1.88. The highest BCUT2D eigenvalue weighted by Gasteiger charge is 2.25. The molecule has 6 heteroatoms. The van der Waals surface area contributed by atoms with Gasteiger partial charge in [0.15, 0.2) is 0 Å². The van der Waals surface area contributed by atoms with Crippen LogP contribution < -0.4 is 10.9 Å². The first-order valence-electron chi connectivity index (χ1n) is 9.59. The SMILES string of the molecule is CCc1cc(C(=O)N(C)CCCC2CC(c3ccc(F)cc3)NN2)sc1C. The quantitative estimate of drug-likeness (QED) is 0.745. The highest BCUT2D eigenvalue weighted by Crippen LogP contribution is 2.25. The van der Waals surface area contributed by atoms with Gasteiger partial charge in [-0.3, -0.25) is 15.6 Å². The van der Waals surface area contributed by atoms with E-state index in [0.29, 0.717) is 6.04 Å². The summed E-state index contributed by atoms with van der Waals surface area (Å²) in [5.41, 5.74) is 8.99. The third-order valence-electron chi connectivity index (χ3n) is 5.26. The predicted octanol–water partition coefficient (Wildman–Crippen LogP) is 4.22. The van der Waals surface area contributed by atoms with Gasteiger partial charge in [0.05, 0.1) is 4.88 Å². The number of nitrogens with zero attached hydrogens (tertiary/aromatic N) is 1. The van der Waals surface area contributed by atoms with Crippen molar-refractivity contribution in [2.45, 2.75) is 51.6 Å². The molecule has 1 aliphatic rings. The maximum absolute atomic E-state index is 13.1. The lowest BCUT2D eigenvalue weighted by Gasteiger charge is -2.17. The highest BCUT2D eigenvalue weighted by atomic mass is 32.1. The molecule has 0 radical (unpaired) electrons. The molecular formula is C21H28FN3OS. The molecule has 1 fully saturated rings. The zero-order chi connectivity index (χ0) is 19.4. The van der Waals surface area contributed by atoms with E-state index in [4.69, 9.17) is 0 Å². The molecule has 2 unspecified atom stereocenters. The van der Waals surface area contributed by atoms with Crippen LogP contribution >= 0.6 is 11.3 Å². The molecule has 1 aliphatic heterocycles. The Kier molecular flexibility index (Phi) is 6.63. The number of carbonyl (C=O) groups is 1. The molecule has 1 amide bonds. The van der Waals surface area contributed by atoms with Gasteiger partial charge in [0.25, 0.3) is 5.91 Å². The Morgan fingerprint density at radius 3 is 2.70 bits per heavy atom. The molecular weight excluding hydrogens is 361 g/mol. The molecule has 0 bridgehead atoms. The standard InChI is InChI=1S/C21H28FN3OS/c1-4-15-12-20(27-14(15)2)21(26)25(3)11-5-6-18-13-19(24-23-18)16-7-9-17(22)10-8-16/h7-10,12,18-19,23-24H,4-6,11,13H2,1-3H3. The van der Waals surface area contributed by atoms with E-state index in [1.807, 2.05) is 30.1 Å². The molecule has 2 aromatic rings. The molecule has 1 aromatic carbocycles. The Hall–Kier alpha value is -1.76. The summed E-state index contributed by atoms with van der Waals surface area (Å²) in [5, 5.41) is 0. The van der Waals surface area contributed by atoms with Crippen LogP contribution in [0.5, 0.6) is 0 Å². The van der Waals surface area contributed by atoms with Crippen LogP contribution in [0.3, 0.4) is 0 Å². The number of rotatable bonds is 7. The maximum Gasteiger partial charge on any atom is 0.263 e. The average Bonchev–Trinajstić information content (AvgIpc) is 3.28. The summed E-state index contributed by atoms with van der Waals surface area (Å²) < 4.78 is 13.1. The number of nitrogens with one attached hydrogen (secondary N) is 2. The number of hydrogen-bond acceptors (Lipinski definition) is 4. The van der Waals surface area contributed by atoms with E-state index in [9.17, 15) is 9.18 Å². The Balaban J connectivity index is 1.44. The van der Waals surface area contributed by atoms with Crippen LogP contribution in [0.1, 0.15) is 57.9 Å². The van der Waals surface area contributed by atoms with Crippen LogP contribution in [0.2, 0.25) is 0 Å². The second kappa shape index (κ2) is 8.95. The first-order valence-corrected chi connectivity index (χ1v) is 10.4. The van der Waals surface area contributed by atoms with Gasteiger partial charge in [-0.05, 0) is 61.9 Å². The number of hydrogen-bond donors (Lipinski definition) is 2. The van der Waals surface area contributed by atoms with E-state index >= 15 is 0 Å². The molecule has 0 saturated carbocycles. The second-order valence-electron chi connectivity index (χ2n) is 7.24. The maximum atomic E-state index is 13.1. The Morgan fingerprint density at radius 2 is 2.04 bits per heavy atom. The van der Waals surface area contributed by atoms with Crippen LogP contribution in [0, 0.1) is 12.7 Å². The minimum Gasteiger partial charge on any atom is -0.341 e. The van der Waals surface area contributed by atoms with E-state index in [1.54, 1.807) is 11.3 Å². The van der Waals surface area contributed by atoms with Crippen molar-refractivity contribution in [1.82, 2.24) is 15.8 Å². The van der Waals surface area contributed by atoms with E-state index in [-0.39, 0.29) is 17.8 Å². The normalized spacial score (nSPS) is 19.4. The first kappa shape index (κ1) is 20.0. The summed E-state index contributed by atoms with van der Waals surface area (Å²) in [5.74, 6) is -0.0922. The molecule has 27 heavy (non-hydrogen) atoms. The summed E-state index contributed by atoms with van der Waals surface area (Å²) >= 11 is 1.59. The van der Waals surface area contributed by atoms with Gasteiger partial charge in [-0.15, -0.1) is 11.3 Å². The van der Waals surface area contributed by atoms with Gasteiger partial charge in [0.1, 0.15) is 5.82 Å². The predicted molar refractivity (Wildman–Crippen MR) is 108 cm³/mol. The topological polar surface area (TPSA) is 44.4 Å². The molecule has 1 saturated heterocycles. The van der Waals surface area contributed by atoms with Gasteiger partial charge in [-0.1, -0.05) is 19.1 Å². The van der Waals surface area contributed by atoms with Crippen molar-refractivity contribution in [3.05, 3.63) is 57.0 Å². The fourth-order valence-electron chi connectivity index (χ4n) is 3.57. The van der Waals surface area contributed by atoms with E-state index in [2.05, 4.69) is 24.7 Å². The van der Waals surface area contributed by atoms with Crippen molar-refractivity contribution in [3.63, 3.8) is 0 Å². The van der Waals surface area contributed by atoms with E-state index in [1.165, 1.54) is 22.6 Å². The molecule has 2 heterocycles. The number of hydrazine groups is 1. The fourth-order valence-corrected chi connectivity index (χ4v) is 4.67. The fraction of sp³-hybridized carbons (Fsp3) is 0.476. The second-order valence-corrected chi connectivity index (χ2v) is 8.50. The lowest BCUT2D eigenvalue weighted by atomic mass is 9.99. The molecule has 4 nitrogen and oxygen atoms in total. The Morgan fingerprint density at radius 1 is 1.30 bits per heavy atom. The monoisotopic (exact) mass is 389 g/mol. The van der Waals surface area contributed by atoms with Gasteiger partial charge in [0.2, 0.25) is 0 Å². The smallest absolute Gasteiger partial charge is 0.263 e. The molecule has 2 N–H and O–H groups in total. The summed E-state index contributed by atoms with van der Waals surface area (Å²) in [6, 6.07) is 9.26. The Bertz CT molecular complexity index is 774. The minimum atomic E-state index is -0.207. The van der Waals surface area contributed by atoms with E-state index < -0.39 is 0 Å². The van der Waals surface area contributed by atoms with Crippen LogP contribution in [0.25, 0.3) is 0 Å². The van der Waals surface area contributed by atoms with Crippen molar-refractivity contribution >= 4 is 17.2 Å². The summed E-state index contributed by atoms with van der Waals surface area (Å²) in [6.07, 6.45) is 3.87. The lowest BCUT2D eigenvalue weighted by molar-refractivity contribution is 0.0796. The minimum absolute atomic E-state index is 0.115.